The molecule has 5 unspecified atom stereocenters. The first-order valence-corrected chi connectivity index (χ1v) is 11.4. The maximum atomic E-state index is 13.3. The Morgan fingerprint density at radius 1 is 1.06 bits per heavy atom. The van der Waals surface area contributed by atoms with Gasteiger partial charge < -0.3 is 16.0 Å². The zero-order valence-corrected chi connectivity index (χ0v) is 18.1. The summed E-state index contributed by atoms with van der Waals surface area (Å²) in [5, 5.41) is 14.2. The number of hydrogen-bond acceptors (Lipinski definition) is 5. The Morgan fingerprint density at radius 2 is 1.88 bits per heavy atom. The van der Waals surface area contributed by atoms with Crippen molar-refractivity contribution in [3.05, 3.63) is 42.5 Å². The first-order valence-electron chi connectivity index (χ1n) is 11.4. The van der Waals surface area contributed by atoms with Crippen molar-refractivity contribution in [3.8, 4) is 0 Å². The fourth-order valence-electron chi connectivity index (χ4n) is 5.30. The molecule has 168 valence electrons. The van der Waals surface area contributed by atoms with Crippen LogP contribution in [0.3, 0.4) is 0 Å². The number of nitrogens with zero attached hydrogens (tertiary/aromatic N) is 1. The van der Waals surface area contributed by atoms with Crippen molar-refractivity contribution in [1.82, 2.24) is 20.9 Å². The van der Waals surface area contributed by atoms with E-state index in [1.54, 1.807) is 0 Å². The molecule has 3 aliphatic rings. The number of benzene rings is 2. The summed E-state index contributed by atoms with van der Waals surface area (Å²) in [6.45, 7) is 3.04. The Kier molecular flexibility index (Phi) is 5.57. The van der Waals surface area contributed by atoms with E-state index in [1.165, 1.54) is 6.42 Å². The molecule has 0 radical (unpaired) electrons. The molecule has 8 nitrogen and oxygen atoms in total. The maximum Gasteiger partial charge on any atom is 0.229 e. The molecule has 4 N–H and O–H groups in total. The van der Waals surface area contributed by atoms with Crippen LogP contribution in [0.4, 0.5) is 5.69 Å². The van der Waals surface area contributed by atoms with Gasteiger partial charge in [-0.2, -0.15) is 0 Å². The fraction of sp³-hybridized carbons (Fsp3) is 0.458. The van der Waals surface area contributed by atoms with E-state index in [2.05, 4.69) is 33.1 Å². The number of amides is 3. The largest absolute Gasteiger partial charge is 0.340 e. The lowest BCUT2D eigenvalue weighted by Gasteiger charge is -2.48. The molecule has 8 heteroatoms. The van der Waals surface area contributed by atoms with E-state index in [9.17, 15) is 14.4 Å². The highest BCUT2D eigenvalue weighted by Gasteiger charge is 2.49. The van der Waals surface area contributed by atoms with E-state index in [0.717, 1.165) is 30.2 Å². The van der Waals surface area contributed by atoms with Crippen LogP contribution in [-0.4, -0.2) is 47.7 Å². The number of anilines is 1. The number of rotatable bonds is 3. The Hall–Kier alpha value is -2.97. The van der Waals surface area contributed by atoms with Crippen LogP contribution in [0, 0.1) is 11.8 Å². The van der Waals surface area contributed by atoms with E-state index in [1.807, 2.05) is 42.5 Å². The van der Waals surface area contributed by atoms with Gasteiger partial charge in [-0.1, -0.05) is 42.8 Å². The zero-order chi connectivity index (χ0) is 22.2. The lowest BCUT2D eigenvalue weighted by molar-refractivity contribution is -0.148. The van der Waals surface area contributed by atoms with Gasteiger partial charge in [-0.05, 0) is 31.2 Å². The molecule has 2 aromatic carbocycles. The van der Waals surface area contributed by atoms with Crippen molar-refractivity contribution in [2.45, 2.75) is 51.1 Å². The molecule has 0 aromatic heterocycles. The monoisotopic (exact) mass is 435 g/mol. The van der Waals surface area contributed by atoms with Crippen LogP contribution in [-0.2, 0) is 14.4 Å². The number of hydrogen-bond donors (Lipinski definition) is 4. The molecule has 5 rings (SSSR count). The summed E-state index contributed by atoms with van der Waals surface area (Å²) in [5.41, 5.74) is 0.680. The lowest BCUT2D eigenvalue weighted by Crippen LogP contribution is -2.75. The summed E-state index contributed by atoms with van der Waals surface area (Å²) >= 11 is 0. The quantitative estimate of drug-likeness (QED) is 0.588. The third-order valence-electron chi connectivity index (χ3n) is 7.00. The lowest BCUT2D eigenvalue weighted by atomic mass is 9.81. The van der Waals surface area contributed by atoms with E-state index in [-0.39, 0.29) is 30.4 Å². The molecule has 0 saturated carbocycles. The minimum atomic E-state index is -0.750. The van der Waals surface area contributed by atoms with Gasteiger partial charge in [0.05, 0.1) is 18.0 Å². The van der Waals surface area contributed by atoms with E-state index in [4.69, 9.17) is 0 Å². The molecule has 2 aromatic rings. The second kappa shape index (κ2) is 8.52. The molecule has 0 aliphatic carbocycles. The van der Waals surface area contributed by atoms with Crippen LogP contribution in [0.15, 0.2) is 42.5 Å². The molecule has 0 spiro atoms. The number of nitrogens with one attached hydrogen (secondary N) is 4. The van der Waals surface area contributed by atoms with Crippen LogP contribution in [0.2, 0.25) is 0 Å². The molecular weight excluding hydrogens is 406 g/mol. The maximum absolute atomic E-state index is 13.3. The molecule has 0 bridgehead atoms. The number of carbonyl (C=O) groups is 3. The Labute approximate surface area is 187 Å². The second-order valence-corrected chi connectivity index (χ2v) is 9.06. The molecule has 3 heterocycles. The Morgan fingerprint density at radius 3 is 2.72 bits per heavy atom. The van der Waals surface area contributed by atoms with Gasteiger partial charge in [0.25, 0.3) is 0 Å². The molecule has 3 saturated heterocycles. The van der Waals surface area contributed by atoms with Gasteiger partial charge in [0, 0.05) is 30.1 Å². The minimum Gasteiger partial charge on any atom is -0.340 e. The molecule has 3 aliphatic heterocycles. The van der Waals surface area contributed by atoms with Crippen molar-refractivity contribution in [2.24, 2.45) is 11.8 Å². The topological polar surface area (TPSA) is 103 Å². The summed E-state index contributed by atoms with van der Waals surface area (Å²) in [6.07, 6.45) is 2.39. The summed E-state index contributed by atoms with van der Waals surface area (Å²) in [5.74, 6) is -2.15. The second-order valence-electron chi connectivity index (χ2n) is 9.06. The summed E-state index contributed by atoms with van der Waals surface area (Å²) in [4.78, 5) is 41.1. The van der Waals surface area contributed by atoms with Gasteiger partial charge in [-0.15, -0.1) is 0 Å². The van der Waals surface area contributed by atoms with Crippen molar-refractivity contribution in [3.63, 3.8) is 0 Å². The van der Waals surface area contributed by atoms with Gasteiger partial charge in [-0.3, -0.25) is 24.6 Å². The van der Waals surface area contributed by atoms with Gasteiger partial charge in [0.15, 0.2) is 0 Å². The van der Waals surface area contributed by atoms with Gasteiger partial charge in [0.2, 0.25) is 17.7 Å². The summed E-state index contributed by atoms with van der Waals surface area (Å²) in [7, 11) is 0. The zero-order valence-electron chi connectivity index (χ0n) is 18.1. The fourth-order valence-corrected chi connectivity index (χ4v) is 5.30. The normalized spacial score (nSPS) is 30.8. The smallest absolute Gasteiger partial charge is 0.229 e. The standard InChI is InChI=1S/C24H29N5O3/c1-14-7-4-5-12-29(14)24-27-21-20(23(32)28-24)17(13-19(30)26-21)22(31)25-18-11-6-9-15-8-2-3-10-16(15)18/h2-3,6,8-11,14,17,20-21,24,27H,4-5,7,12-13H2,1H3,(H,25,31)(H,26,30)(H,28,32). The highest BCUT2D eigenvalue weighted by molar-refractivity contribution is 6.05. The summed E-state index contributed by atoms with van der Waals surface area (Å²) in [6, 6.07) is 13.8. The molecule has 5 atom stereocenters. The SMILES string of the molecule is CC1CCCCN1C1NC(=O)C2C(NC(=O)CC2C(=O)Nc2cccc3ccccc23)N1. The highest BCUT2D eigenvalue weighted by atomic mass is 16.2. The van der Waals surface area contributed by atoms with Gasteiger partial charge in [0.1, 0.15) is 6.29 Å². The van der Waals surface area contributed by atoms with E-state index < -0.39 is 18.0 Å². The molecular formula is C24H29N5O3. The molecule has 3 fully saturated rings. The van der Waals surface area contributed by atoms with Crippen LogP contribution in [0.25, 0.3) is 10.8 Å². The number of likely N-dealkylation sites (tertiary alicyclic amines) is 1. The predicted octanol–water partition coefficient (Wildman–Crippen LogP) is 1.73. The highest BCUT2D eigenvalue weighted by Crippen LogP contribution is 2.30. The molecule has 32 heavy (non-hydrogen) atoms. The van der Waals surface area contributed by atoms with Crippen molar-refractivity contribution >= 4 is 34.2 Å². The van der Waals surface area contributed by atoms with E-state index >= 15 is 0 Å². The van der Waals surface area contributed by atoms with Gasteiger partial charge in [-0.25, -0.2) is 0 Å². The molecule has 3 amide bonds. The van der Waals surface area contributed by atoms with Gasteiger partial charge >= 0.3 is 0 Å². The third kappa shape index (κ3) is 3.84. The Balaban J connectivity index is 1.36. The average molecular weight is 436 g/mol. The number of fused-ring (bicyclic) bond motifs is 2. The number of carbonyl (C=O) groups excluding carboxylic acids is 3. The first-order chi connectivity index (χ1) is 15.5. The van der Waals surface area contributed by atoms with Crippen molar-refractivity contribution in [1.29, 1.82) is 0 Å². The van der Waals surface area contributed by atoms with Crippen LogP contribution >= 0.6 is 0 Å². The van der Waals surface area contributed by atoms with Crippen LogP contribution in [0.1, 0.15) is 32.6 Å². The summed E-state index contributed by atoms with van der Waals surface area (Å²) < 4.78 is 0. The van der Waals surface area contributed by atoms with Crippen molar-refractivity contribution < 1.29 is 14.4 Å². The number of piperidine rings is 2. The Bertz CT molecular complexity index is 1050. The van der Waals surface area contributed by atoms with Crippen LogP contribution in [0.5, 0.6) is 0 Å². The minimum absolute atomic E-state index is 0.0162. The average Bonchev–Trinajstić information content (AvgIpc) is 2.78. The van der Waals surface area contributed by atoms with E-state index in [0.29, 0.717) is 11.7 Å². The third-order valence-corrected chi connectivity index (χ3v) is 7.00. The predicted molar refractivity (Wildman–Crippen MR) is 121 cm³/mol. The van der Waals surface area contributed by atoms with Crippen molar-refractivity contribution in [2.75, 3.05) is 11.9 Å². The van der Waals surface area contributed by atoms with Crippen LogP contribution < -0.4 is 21.3 Å². The first kappa shape index (κ1) is 20.9.